The van der Waals surface area contributed by atoms with Crippen LogP contribution in [0.25, 0.3) is 11.2 Å². The normalized spacial score (nSPS) is 23.3. The molecule has 156 valence electrons. The first-order chi connectivity index (χ1) is 13.2. The van der Waals surface area contributed by atoms with Crippen molar-refractivity contribution in [3.63, 3.8) is 0 Å². The van der Waals surface area contributed by atoms with Crippen LogP contribution in [0.15, 0.2) is 12.7 Å². The van der Waals surface area contributed by atoms with Gasteiger partial charge in [0.05, 0.1) is 35.9 Å². The number of ether oxygens (including phenoxy) is 1. The fraction of sp³-hybridized carbons (Fsp3) is 0.688. The highest BCUT2D eigenvalue weighted by Gasteiger charge is 2.40. The van der Waals surface area contributed by atoms with E-state index in [4.69, 9.17) is 19.5 Å². The molecule has 0 amide bonds. The number of rotatable bonds is 8. The van der Waals surface area contributed by atoms with Crippen molar-refractivity contribution in [2.24, 2.45) is 0 Å². The van der Waals surface area contributed by atoms with E-state index in [0.717, 1.165) is 0 Å². The number of hydrogen-bond acceptors (Lipinski definition) is 10. The summed E-state index contributed by atoms with van der Waals surface area (Å²) in [5.74, 6) is 0.264. The Kier molecular flexibility index (Phi) is 6.63. The summed E-state index contributed by atoms with van der Waals surface area (Å²) in [6, 6.07) is 0. The lowest BCUT2D eigenvalue weighted by Gasteiger charge is -2.24. The number of nitrogens with two attached hydrogens (primary N) is 1. The summed E-state index contributed by atoms with van der Waals surface area (Å²) in [5.41, 5.74) is 6.88. The number of thioether (sulfide) groups is 1. The quantitative estimate of drug-likeness (QED) is 0.600. The van der Waals surface area contributed by atoms with E-state index in [9.17, 15) is 9.67 Å². The molecule has 1 aliphatic heterocycles. The first kappa shape index (κ1) is 21.5. The van der Waals surface area contributed by atoms with Crippen LogP contribution in [0, 0.1) is 0 Å². The number of anilines is 1. The molecule has 0 radical (unpaired) electrons. The first-order valence-corrected chi connectivity index (χ1v) is 11.8. The Morgan fingerprint density at radius 1 is 1.32 bits per heavy atom. The number of nitrogens with zero attached hydrogens (tertiary/aromatic N) is 4. The molecule has 2 aromatic rings. The molecule has 0 saturated carbocycles. The van der Waals surface area contributed by atoms with Crippen LogP contribution in [-0.4, -0.2) is 60.3 Å². The van der Waals surface area contributed by atoms with Gasteiger partial charge in [-0.3, -0.25) is 9.13 Å². The van der Waals surface area contributed by atoms with Gasteiger partial charge < -0.3 is 24.6 Å². The number of fused-ring (bicyclic) bond motifs is 1. The van der Waals surface area contributed by atoms with Gasteiger partial charge in [0, 0.05) is 0 Å². The van der Waals surface area contributed by atoms with Crippen LogP contribution in [0.4, 0.5) is 5.82 Å². The Labute approximate surface area is 167 Å². The van der Waals surface area contributed by atoms with Gasteiger partial charge in [-0.2, -0.15) is 0 Å². The van der Waals surface area contributed by atoms with E-state index in [2.05, 4.69) is 15.0 Å². The molecule has 1 aliphatic rings. The van der Waals surface area contributed by atoms with E-state index in [1.807, 2.05) is 27.7 Å². The fourth-order valence-corrected chi connectivity index (χ4v) is 6.76. The van der Waals surface area contributed by atoms with Crippen molar-refractivity contribution in [3.05, 3.63) is 12.7 Å². The van der Waals surface area contributed by atoms with Crippen LogP contribution in [0.5, 0.6) is 0 Å². The largest absolute Gasteiger partial charge is 0.387 e. The number of hydrogen-bond donors (Lipinski definition) is 2. The summed E-state index contributed by atoms with van der Waals surface area (Å²) >= 11 is 1.31. The molecule has 0 aliphatic carbocycles. The van der Waals surface area contributed by atoms with E-state index in [1.54, 1.807) is 4.57 Å². The van der Waals surface area contributed by atoms with Gasteiger partial charge in [-0.05, 0) is 27.7 Å². The highest BCUT2D eigenvalue weighted by Crippen LogP contribution is 2.54. The highest BCUT2D eigenvalue weighted by atomic mass is 32.2. The Morgan fingerprint density at radius 2 is 2.00 bits per heavy atom. The van der Waals surface area contributed by atoms with Crippen LogP contribution in [0.1, 0.15) is 33.9 Å². The molecular formula is C16H26N5O5PS. The molecule has 1 fully saturated rings. The maximum atomic E-state index is 13.0. The standard InChI is InChI=1S/C16H26N5O5PS/c1-9(2)25-27(23,26-10(3)4)8-28-11-5-24-16(13(11)22)21-7-20-12-14(17)18-6-19-15(12)21/h6-7,9-11,13,16,22H,5,8H2,1-4H3,(H2,17,18,19)/t11-,13+,16+/m0/s1. The molecule has 2 aromatic heterocycles. The SMILES string of the molecule is CC(C)OP(=O)(CS[C@H]1CO[C@@H](n2cnc3c(N)ncnc32)[C@@H]1O)OC(C)C. The van der Waals surface area contributed by atoms with E-state index in [-0.39, 0.29) is 35.4 Å². The molecule has 1 saturated heterocycles. The second kappa shape index (κ2) is 8.64. The van der Waals surface area contributed by atoms with Crippen molar-refractivity contribution < 1.29 is 23.5 Å². The van der Waals surface area contributed by atoms with Gasteiger partial charge in [0.1, 0.15) is 17.9 Å². The second-order valence-corrected chi connectivity index (χ2v) is 10.7. The summed E-state index contributed by atoms with van der Waals surface area (Å²) in [6.07, 6.45) is 0.867. The molecule has 28 heavy (non-hydrogen) atoms. The summed E-state index contributed by atoms with van der Waals surface area (Å²) in [7, 11) is -3.30. The van der Waals surface area contributed by atoms with E-state index in [1.165, 1.54) is 24.4 Å². The monoisotopic (exact) mass is 431 g/mol. The minimum Gasteiger partial charge on any atom is -0.387 e. The van der Waals surface area contributed by atoms with E-state index in [0.29, 0.717) is 11.2 Å². The lowest BCUT2D eigenvalue weighted by Crippen LogP contribution is -2.27. The second-order valence-electron chi connectivity index (χ2n) is 7.05. The van der Waals surface area contributed by atoms with Crippen molar-refractivity contribution in [2.75, 3.05) is 17.8 Å². The van der Waals surface area contributed by atoms with Gasteiger partial charge in [-0.25, -0.2) is 15.0 Å². The Bertz CT molecular complexity index is 849. The maximum absolute atomic E-state index is 13.0. The van der Waals surface area contributed by atoms with Crippen LogP contribution in [0.2, 0.25) is 0 Å². The van der Waals surface area contributed by atoms with Gasteiger partial charge in [0.2, 0.25) is 0 Å². The molecule has 3 atom stereocenters. The molecule has 3 rings (SSSR count). The molecular weight excluding hydrogens is 405 g/mol. The molecule has 3 heterocycles. The van der Waals surface area contributed by atoms with E-state index < -0.39 is 19.9 Å². The number of aromatic nitrogens is 4. The summed E-state index contributed by atoms with van der Waals surface area (Å²) in [4.78, 5) is 12.3. The van der Waals surface area contributed by atoms with Crippen molar-refractivity contribution in [1.29, 1.82) is 0 Å². The fourth-order valence-electron chi connectivity index (χ4n) is 2.94. The third kappa shape index (κ3) is 4.67. The average Bonchev–Trinajstić information content (AvgIpc) is 3.16. The van der Waals surface area contributed by atoms with Crippen LogP contribution in [-0.2, 0) is 18.3 Å². The van der Waals surface area contributed by atoms with Gasteiger partial charge in [0.15, 0.2) is 17.7 Å². The topological polar surface area (TPSA) is 135 Å². The van der Waals surface area contributed by atoms with Crippen LogP contribution in [0.3, 0.4) is 0 Å². The third-order valence-corrected chi connectivity index (χ3v) is 8.15. The first-order valence-electron chi connectivity index (χ1n) is 9.00. The lowest BCUT2D eigenvalue weighted by molar-refractivity contribution is -0.00602. The van der Waals surface area contributed by atoms with Gasteiger partial charge in [-0.1, -0.05) is 0 Å². The van der Waals surface area contributed by atoms with Crippen molar-refractivity contribution in [2.45, 2.75) is 57.5 Å². The molecule has 0 bridgehead atoms. The zero-order chi connectivity index (χ0) is 20.5. The minimum absolute atomic E-state index is 0.126. The third-order valence-electron chi connectivity index (χ3n) is 3.96. The minimum atomic E-state index is -3.30. The van der Waals surface area contributed by atoms with Gasteiger partial charge in [0.25, 0.3) is 0 Å². The summed E-state index contributed by atoms with van der Waals surface area (Å²) in [6.45, 7) is 7.51. The molecule has 12 heteroatoms. The maximum Gasteiger partial charge on any atom is 0.340 e. The van der Waals surface area contributed by atoms with Crippen LogP contribution < -0.4 is 5.73 Å². The molecule has 3 N–H and O–H groups in total. The van der Waals surface area contributed by atoms with Crippen molar-refractivity contribution in [1.82, 2.24) is 19.5 Å². The zero-order valence-electron chi connectivity index (χ0n) is 16.3. The number of aliphatic hydroxyl groups is 1. The molecule has 0 unspecified atom stereocenters. The van der Waals surface area contributed by atoms with Gasteiger partial charge >= 0.3 is 7.60 Å². The van der Waals surface area contributed by atoms with Crippen molar-refractivity contribution in [3.8, 4) is 0 Å². The van der Waals surface area contributed by atoms with Crippen LogP contribution >= 0.6 is 19.4 Å². The summed E-state index contributed by atoms with van der Waals surface area (Å²) in [5, 5.41) is 10.5. The number of nitrogen functional groups attached to an aromatic ring is 1. The Hall–Kier alpha value is -1.23. The predicted molar refractivity (Wildman–Crippen MR) is 107 cm³/mol. The smallest absolute Gasteiger partial charge is 0.340 e. The van der Waals surface area contributed by atoms with E-state index >= 15 is 0 Å². The number of aliphatic hydroxyl groups excluding tert-OH is 1. The lowest BCUT2D eigenvalue weighted by atomic mass is 10.2. The molecule has 0 aromatic carbocycles. The zero-order valence-corrected chi connectivity index (χ0v) is 18.0. The Balaban J connectivity index is 1.70. The van der Waals surface area contributed by atoms with Gasteiger partial charge in [-0.15, -0.1) is 11.8 Å². The average molecular weight is 431 g/mol. The summed E-state index contributed by atoms with van der Waals surface area (Å²) < 4.78 is 31.5. The molecule has 0 spiro atoms. The molecule has 10 nitrogen and oxygen atoms in total. The number of imidazole rings is 1. The Morgan fingerprint density at radius 3 is 2.64 bits per heavy atom. The predicted octanol–water partition coefficient (Wildman–Crippen LogP) is 2.40. The highest BCUT2D eigenvalue weighted by molar-refractivity contribution is 8.05. The van der Waals surface area contributed by atoms with Crippen molar-refractivity contribution >= 4 is 36.3 Å².